The molecule has 3 rings (SSSR count). The lowest BCUT2D eigenvalue weighted by atomic mass is 10.1. The predicted octanol–water partition coefficient (Wildman–Crippen LogP) is 2.84. The van der Waals surface area contributed by atoms with Gasteiger partial charge in [-0.15, -0.1) is 0 Å². The van der Waals surface area contributed by atoms with Crippen LogP contribution in [0.4, 0.5) is 10.6 Å². The van der Waals surface area contributed by atoms with Crippen molar-refractivity contribution in [2.45, 2.75) is 52.4 Å². The van der Waals surface area contributed by atoms with Gasteiger partial charge in [0.05, 0.1) is 17.9 Å². The minimum atomic E-state index is -0.456. The largest absolute Gasteiger partial charge is 0.466 e. The van der Waals surface area contributed by atoms with Crippen LogP contribution in [0, 0.1) is 13.8 Å². The maximum Gasteiger partial charge on any atom is 0.407 e. The van der Waals surface area contributed by atoms with Crippen LogP contribution in [0.2, 0.25) is 0 Å². The Bertz CT molecular complexity index is 826. The number of aromatic amines is 1. The van der Waals surface area contributed by atoms with Crippen molar-refractivity contribution in [1.29, 1.82) is 0 Å². The number of nitrogens with zero attached hydrogens (tertiary/aromatic N) is 1. The summed E-state index contributed by atoms with van der Waals surface area (Å²) in [5.74, 6) is 1.33. The zero-order valence-electron chi connectivity index (χ0n) is 15.8. The summed E-state index contributed by atoms with van der Waals surface area (Å²) in [5, 5.41) is 12.4. The van der Waals surface area contributed by atoms with Gasteiger partial charge < -0.3 is 24.5 Å². The van der Waals surface area contributed by atoms with E-state index in [2.05, 4.69) is 20.8 Å². The molecule has 27 heavy (non-hydrogen) atoms. The van der Waals surface area contributed by atoms with Crippen molar-refractivity contribution >= 4 is 17.8 Å². The van der Waals surface area contributed by atoms with Gasteiger partial charge in [-0.1, -0.05) is 0 Å². The number of amides is 2. The Balaban J connectivity index is 1.56. The normalized spacial score (nSPS) is 19.3. The molecule has 0 unspecified atom stereocenters. The molecular formula is C18H24N4O5. The predicted molar refractivity (Wildman–Crippen MR) is 96.6 cm³/mol. The number of hydrogen-bond donors (Lipinski definition) is 3. The Kier molecular flexibility index (Phi) is 5.50. The highest BCUT2D eigenvalue weighted by molar-refractivity contribution is 6.04. The Labute approximate surface area is 156 Å². The summed E-state index contributed by atoms with van der Waals surface area (Å²) in [4.78, 5) is 24.0. The summed E-state index contributed by atoms with van der Waals surface area (Å²) < 4.78 is 16.4. The van der Waals surface area contributed by atoms with E-state index >= 15 is 0 Å². The molecule has 2 aromatic heterocycles. The highest BCUT2D eigenvalue weighted by atomic mass is 16.6. The maximum atomic E-state index is 12.3. The van der Waals surface area contributed by atoms with Crippen molar-refractivity contribution in [2.24, 2.45) is 0 Å². The van der Waals surface area contributed by atoms with E-state index in [0.29, 0.717) is 41.6 Å². The van der Waals surface area contributed by atoms with Gasteiger partial charge in [-0.05, 0) is 33.8 Å². The first-order valence-electron chi connectivity index (χ1n) is 8.84. The van der Waals surface area contributed by atoms with Gasteiger partial charge in [-0.2, -0.15) is 5.10 Å². The number of rotatable bonds is 5. The summed E-state index contributed by atoms with van der Waals surface area (Å²) in [5.41, 5.74) is 1.18. The Morgan fingerprint density at radius 1 is 1.33 bits per heavy atom. The zero-order chi connectivity index (χ0) is 19.6. The first-order valence-corrected chi connectivity index (χ1v) is 8.84. The molecule has 1 aliphatic rings. The number of carbonyl (C=O) groups is 2. The van der Waals surface area contributed by atoms with E-state index in [1.165, 1.54) is 0 Å². The molecule has 0 aromatic carbocycles. The molecule has 0 radical (unpaired) electrons. The Morgan fingerprint density at radius 2 is 2.11 bits per heavy atom. The fourth-order valence-electron chi connectivity index (χ4n) is 2.92. The van der Waals surface area contributed by atoms with Crippen LogP contribution >= 0.6 is 0 Å². The summed E-state index contributed by atoms with van der Waals surface area (Å²) >= 11 is 0. The second-order valence-corrected chi connectivity index (χ2v) is 6.87. The molecule has 2 aromatic rings. The first-order chi connectivity index (χ1) is 12.8. The molecule has 1 fully saturated rings. The lowest BCUT2D eigenvalue weighted by molar-refractivity contribution is 0.0682. The van der Waals surface area contributed by atoms with E-state index < -0.39 is 6.09 Å². The molecule has 0 bridgehead atoms. The fourth-order valence-corrected chi connectivity index (χ4v) is 2.92. The molecule has 1 aliphatic heterocycles. The van der Waals surface area contributed by atoms with Gasteiger partial charge in [0, 0.05) is 18.5 Å². The van der Waals surface area contributed by atoms with Crippen LogP contribution in [0.1, 0.15) is 53.9 Å². The van der Waals surface area contributed by atoms with Crippen LogP contribution in [0.5, 0.6) is 0 Å². The van der Waals surface area contributed by atoms with Gasteiger partial charge in [0.15, 0.2) is 5.82 Å². The van der Waals surface area contributed by atoms with Gasteiger partial charge in [-0.3, -0.25) is 9.89 Å². The van der Waals surface area contributed by atoms with E-state index in [1.54, 1.807) is 26.0 Å². The van der Waals surface area contributed by atoms with Crippen molar-refractivity contribution < 1.29 is 23.5 Å². The van der Waals surface area contributed by atoms with Gasteiger partial charge in [0.2, 0.25) is 0 Å². The van der Waals surface area contributed by atoms with Crippen LogP contribution < -0.4 is 10.6 Å². The molecule has 2 amide bonds. The highest BCUT2D eigenvalue weighted by Gasteiger charge is 2.31. The van der Waals surface area contributed by atoms with E-state index in [4.69, 9.17) is 13.9 Å². The van der Waals surface area contributed by atoms with Crippen LogP contribution in [-0.4, -0.2) is 41.0 Å². The lowest BCUT2D eigenvalue weighted by Crippen LogP contribution is -2.33. The minimum Gasteiger partial charge on any atom is -0.466 e. The van der Waals surface area contributed by atoms with Gasteiger partial charge >= 0.3 is 6.09 Å². The fraction of sp³-hybridized carbons (Fsp3) is 0.500. The summed E-state index contributed by atoms with van der Waals surface area (Å²) in [6, 6.07) is 3.40. The molecule has 9 nitrogen and oxygen atoms in total. The van der Waals surface area contributed by atoms with E-state index in [0.717, 1.165) is 0 Å². The van der Waals surface area contributed by atoms with Crippen LogP contribution in [0.3, 0.4) is 0 Å². The molecule has 3 N–H and O–H groups in total. The number of hydrogen-bond acceptors (Lipinski definition) is 6. The van der Waals surface area contributed by atoms with E-state index in [-0.39, 0.29) is 24.2 Å². The SMILES string of the molecule is Cc1cc(C(=O)Nc2cc([C@H]3C[C@@H](OC(=O)NC(C)C)CO3)[nH]n2)c(C)o1. The van der Waals surface area contributed by atoms with Crippen LogP contribution in [0.15, 0.2) is 16.5 Å². The third-order valence-corrected chi connectivity index (χ3v) is 4.11. The van der Waals surface area contributed by atoms with Gasteiger partial charge in [0.25, 0.3) is 5.91 Å². The first kappa shape index (κ1) is 19.0. The number of ether oxygens (including phenoxy) is 2. The number of aromatic nitrogens is 2. The Hall–Kier alpha value is -2.81. The standard InChI is InChI=1S/C18H24N4O5/c1-9(2)19-18(24)27-12-6-15(25-8-12)14-7-16(22-21-14)20-17(23)13-5-10(3)26-11(13)4/h5,7,9,12,15H,6,8H2,1-4H3,(H,19,24)(H2,20,21,22,23)/t12-,15-/m1/s1. The number of alkyl carbamates (subject to hydrolysis) is 1. The number of furan rings is 1. The zero-order valence-corrected chi connectivity index (χ0v) is 15.8. The van der Waals surface area contributed by atoms with E-state index in [9.17, 15) is 9.59 Å². The maximum absolute atomic E-state index is 12.3. The quantitative estimate of drug-likeness (QED) is 0.738. The van der Waals surface area contributed by atoms with Crippen LogP contribution in [0.25, 0.3) is 0 Å². The second-order valence-electron chi connectivity index (χ2n) is 6.87. The van der Waals surface area contributed by atoms with Gasteiger partial charge in [0.1, 0.15) is 23.7 Å². The molecule has 0 aliphatic carbocycles. The number of aryl methyl sites for hydroxylation is 2. The summed E-state index contributed by atoms with van der Waals surface area (Å²) in [6.45, 7) is 7.56. The average molecular weight is 376 g/mol. The van der Waals surface area contributed by atoms with Crippen molar-refractivity contribution in [3.8, 4) is 0 Å². The second kappa shape index (κ2) is 7.83. The molecule has 3 heterocycles. The Morgan fingerprint density at radius 3 is 2.78 bits per heavy atom. The number of H-pyrrole nitrogens is 1. The minimum absolute atomic E-state index is 0.0112. The number of nitrogens with one attached hydrogen (secondary N) is 3. The van der Waals surface area contributed by atoms with Crippen molar-refractivity contribution in [1.82, 2.24) is 15.5 Å². The van der Waals surface area contributed by atoms with Crippen LogP contribution in [-0.2, 0) is 9.47 Å². The summed E-state index contributed by atoms with van der Waals surface area (Å²) in [7, 11) is 0. The smallest absolute Gasteiger partial charge is 0.407 e. The average Bonchev–Trinajstić information content (AvgIpc) is 3.27. The number of anilines is 1. The highest BCUT2D eigenvalue weighted by Crippen LogP contribution is 2.30. The molecule has 1 saturated heterocycles. The van der Waals surface area contributed by atoms with Crippen molar-refractivity contribution in [2.75, 3.05) is 11.9 Å². The van der Waals surface area contributed by atoms with Gasteiger partial charge in [-0.25, -0.2) is 4.79 Å². The molecule has 0 spiro atoms. The van der Waals surface area contributed by atoms with Crippen molar-refractivity contribution in [3.05, 3.63) is 34.9 Å². The molecule has 9 heteroatoms. The molecule has 146 valence electrons. The third-order valence-electron chi connectivity index (χ3n) is 4.11. The monoisotopic (exact) mass is 376 g/mol. The van der Waals surface area contributed by atoms with E-state index in [1.807, 2.05) is 13.8 Å². The third kappa shape index (κ3) is 4.68. The molecule has 0 saturated carbocycles. The van der Waals surface area contributed by atoms with Crippen molar-refractivity contribution in [3.63, 3.8) is 0 Å². The lowest BCUT2D eigenvalue weighted by Gasteiger charge is -2.13. The number of carbonyl (C=O) groups excluding carboxylic acids is 2. The topological polar surface area (TPSA) is 118 Å². The summed E-state index contributed by atoms with van der Waals surface area (Å²) in [6.07, 6.45) is -0.548. The molecular weight excluding hydrogens is 352 g/mol. The molecule has 2 atom stereocenters.